The first kappa shape index (κ1) is 17.3. The number of carbonyl (C=O) groups excluding carboxylic acids is 1. The molecule has 0 aromatic carbocycles. The van der Waals surface area contributed by atoms with E-state index in [0.717, 1.165) is 35.7 Å². The Balaban J connectivity index is 1.73. The summed E-state index contributed by atoms with van der Waals surface area (Å²) in [5.74, 6) is 2.41. The molecule has 2 heterocycles. The Morgan fingerprint density at radius 2 is 2.21 bits per heavy atom. The van der Waals surface area contributed by atoms with Crippen LogP contribution in [0, 0.1) is 0 Å². The zero-order chi connectivity index (χ0) is 16.8. The number of pyridine rings is 1. The fourth-order valence-electron chi connectivity index (χ4n) is 3.35. The fourth-order valence-corrected chi connectivity index (χ4v) is 4.13. The van der Waals surface area contributed by atoms with Crippen molar-refractivity contribution >= 4 is 28.8 Å². The summed E-state index contributed by atoms with van der Waals surface area (Å²) >= 11 is 1.64. The van der Waals surface area contributed by atoms with Crippen LogP contribution in [-0.4, -0.2) is 32.7 Å². The topological polar surface area (TPSA) is 59.8 Å². The van der Waals surface area contributed by atoms with Crippen molar-refractivity contribution in [3.63, 3.8) is 0 Å². The number of fused-ring (bicyclic) bond motifs is 1. The number of nitrogens with zero attached hydrogens (tertiary/aromatic N) is 3. The molecule has 1 aliphatic rings. The molecule has 1 N–H and O–H groups in total. The minimum atomic E-state index is 0.111. The zero-order valence-corrected chi connectivity index (χ0v) is 15.1. The summed E-state index contributed by atoms with van der Waals surface area (Å²) < 4.78 is 2.34. The first-order valence-electron chi connectivity index (χ1n) is 8.96. The number of hydrogen-bond donors (Lipinski definition) is 1. The third-order valence-electron chi connectivity index (χ3n) is 4.50. The van der Waals surface area contributed by atoms with Gasteiger partial charge in [0.2, 0.25) is 5.91 Å². The number of aromatic nitrogens is 3. The summed E-state index contributed by atoms with van der Waals surface area (Å²) in [6.07, 6.45) is 9.12. The number of rotatable bonds is 7. The van der Waals surface area contributed by atoms with Crippen molar-refractivity contribution in [2.24, 2.45) is 0 Å². The molecule has 0 unspecified atom stereocenters. The molecule has 24 heavy (non-hydrogen) atoms. The van der Waals surface area contributed by atoms with E-state index in [1.54, 1.807) is 11.8 Å². The smallest absolute Gasteiger partial charge is 0.230 e. The van der Waals surface area contributed by atoms with Gasteiger partial charge in [-0.05, 0) is 31.4 Å². The number of nitrogens with one attached hydrogen (secondary N) is 1. The van der Waals surface area contributed by atoms with Crippen molar-refractivity contribution < 1.29 is 4.79 Å². The van der Waals surface area contributed by atoms with Gasteiger partial charge in [0.25, 0.3) is 0 Å². The monoisotopic (exact) mass is 346 g/mol. The van der Waals surface area contributed by atoms with E-state index in [-0.39, 0.29) is 5.91 Å². The van der Waals surface area contributed by atoms with E-state index < -0.39 is 0 Å². The average molecular weight is 347 g/mol. The van der Waals surface area contributed by atoms with E-state index >= 15 is 0 Å². The number of hydrogen-bond acceptors (Lipinski definition) is 4. The van der Waals surface area contributed by atoms with Gasteiger partial charge in [-0.2, -0.15) is 0 Å². The minimum Gasteiger partial charge on any atom is -0.355 e. The van der Waals surface area contributed by atoms with Crippen LogP contribution in [0.3, 0.4) is 0 Å². The van der Waals surface area contributed by atoms with Gasteiger partial charge in [-0.1, -0.05) is 26.2 Å². The highest BCUT2D eigenvalue weighted by atomic mass is 32.2. The van der Waals surface area contributed by atoms with Gasteiger partial charge in [0, 0.05) is 18.8 Å². The van der Waals surface area contributed by atoms with E-state index in [1.165, 1.54) is 32.1 Å². The second-order valence-electron chi connectivity index (χ2n) is 6.38. The molecule has 3 rings (SSSR count). The average Bonchev–Trinajstić information content (AvgIpc) is 2.99. The normalized spacial score (nSPS) is 15.7. The molecular formula is C18H26N4OS. The maximum atomic E-state index is 11.8. The van der Waals surface area contributed by atoms with E-state index in [0.29, 0.717) is 11.8 Å². The van der Waals surface area contributed by atoms with E-state index in [2.05, 4.69) is 21.8 Å². The van der Waals surface area contributed by atoms with Gasteiger partial charge in [-0.25, -0.2) is 9.97 Å². The SMILES string of the molecule is CCCNC(=O)CSCc1nc2cccnc2n1C1CCCCC1. The summed E-state index contributed by atoms with van der Waals surface area (Å²) in [5, 5.41) is 2.92. The van der Waals surface area contributed by atoms with Crippen LogP contribution >= 0.6 is 11.8 Å². The highest BCUT2D eigenvalue weighted by molar-refractivity contribution is 7.99. The van der Waals surface area contributed by atoms with Crippen LogP contribution in [-0.2, 0) is 10.5 Å². The third kappa shape index (κ3) is 4.09. The summed E-state index contributed by atoms with van der Waals surface area (Å²) in [5.41, 5.74) is 1.96. The van der Waals surface area contributed by atoms with Crippen molar-refractivity contribution in [3.05, 3.63) is 24.2 Å². The van der Waals surface area contributed by atoms with Crippen LogP contribution in [0.15, 0.2) is 18.3 Å². The zero-order valence-electron chi connectivity index (χ0n) is 14.3. The van der Waals surface area contributed by atoms with Gasteiger partial charge < -0.3 is 9.88 Å². The first-order chi connectivity index (χ1) is 11.8. The van der Waals surface area contributed by atoms with Crippen LogP contribution in [0.2, 0.25) is 0 Å². The molecule has 1 saturated carbocycles. The Morgan fingerprint density at radius 1 is 1.38 bits per heavy atom. The summed E-state index contributed by atoms with van der Waals surface area (Å²) in [7, 11) is 0. The molecule has 5 nitrogen and oxygen atoms in total. The van der Waals surface area contributed by atoms with Crippen molar-refractivity contribution in [3.8, 4) is 0 Å². The van der Waals surface area contributed by atoms with Crippen molar-refractivity contribution in [1.29, 1.82) is 0 Å². The van der Waals surface area contributed by atoms with Gasteiger partial charge in [0.05, 0.1) is 11.5 Å². The summed E-state index contributed by atoms with van der Waals surface area (Å²) in [4.78, 5) is 21.1. The van der Waals surface area contributed by atoms with Crippen molar-refractivity contribution in [2.75, 3.05) is 12.3 Å². The van der Waals surface area contributed by atoms with Crippen LogP contribution in [0.1, 0.15) is 57.3 Å². The highest BCUT2D eigenvalue weighted by Crippen LogP contribution is 2.32. The van der Waals surface area contributed by atoms with Crippen LogP contribution in [0.5, 0.6) is 0 Å². The van der Waals surface area contributed by atoms with Crippen LogP contribution < -0.4 is 5.32 Å². The Hall–Kier alpha value is -1.56. The molecular weight excluding hydrogens is 320 g/mol. The predicted molar refractivity (Wildman–Crippen MR) is 99.1 cm³/mol. The fraction of sp³-hybridized carbons (Fsp3) is 0.611. The van der Waals surface area contributed by atoms with Gasteiger partial charge in [0.1, 0.15) is 11.3 Å². The Morgan fingerprint density at radius 3 is 3.00 bits per heavy atom. The molecule has 0 saturated heterocycles. The number of imidazole rings is 1. The van der Waals surface area contributed by atoms with Crippen molar-refractivity contribution in [1.82, 2.24) is 19.9 Å². The first-order valence-corrected chi connectivity index (χ1v) is 10.1. The number of carbonyl (C=O) groups is 1. The minimum absolute atomic E-state index is 0.111. The van der Waals surface area contributed by atoms with Gasteiger partial charge in [0.15, 0.2) is 5.65 Å². The summed E-state index contributed by atoms with van der Waals surface area (Å²) in [6, 6.07) is 4.47. The molecule has 2 aromatic rings. The maximum Gasteiger partial charge on any atom is 0.230 e. The molecule has 2 aromatic heterocycles. The predicted octanol–water partition coefficient (Wildman–Crippen LogP) is 3.70. The molecule has 6 heteroatoms. The lowest BCUT2D eigenvalue weighted by Crippen LogP contribution is -2.25. The van der Waals surface area contributed by atoms with E-state index in [1.807, 2.05) is 18.3 Å². The lowest BCUT2D eigenvalue weighted by molar-refractivity contribution is -0.118. The highest BCUT2D eigenvalue weighted by Gasteiger charge is 2.22. The molecule has 1 aliphatic carbocycles. The molecule has 0 radical (unpaired) electrons. The van der Waals surface area contributed by atoms with E-state index in [4.69, 9.17) is 4.98 Å². The standard InChI is InChI=1S/C18H26N4OS/c1-2-10-19-17(23)13-24-12-16-21-15-9-6-11-20-18(15)22(16)14-7-4-3-5-8-14/h6,9,11,14H,2-5,7-8,10,12-13H2,1H3,(H,19,23). The van der Waals surface area contributed by atoms with Gasteiger partial charge >= 0.3 is 0 Å². The molecule has 0 atom stereocenters. The second-order valence-corrected chi connectivity index (χ2v) is 7.36. The van der Waals surface area contributed by atoms with Crippen LogP contribution in [0.25, 0.3) is 11.2 Å². The number of thioether (sulfide) groups is 1. The van der Waals surface area contributed by atoms with Gasteiger partial charge in [-0.15, -0.1) is 11.8 Å². The lowest BCUT2D eigenvalue weighted by atomic mass is 9.95. The molecule has 1 fully saturated rings. The van der Waals surface area contributed by atoms with Gasteiger partial charge in [-0.3, -0.25) is 4.79 Å². The Bertz CT molecular complexity index is 679. The van der Waals surface area contributed by atoms with Crippen LogP contribution in [0.4, 0.5) is 0 Å². The largest absolute Gasteiger partial charge is 0.355 e. The lowest BCUT2D eigenvalue weighted by Gasteiger charge is -2.25. The number of amides is 1. The van der Waals surface area contributed by atoms with E-state index in [9.17, 15) is 4.79 Å². The quantitative estimate of drug-likeness (QED) is 0.830. The molecule has 0 aliphatic heterocycles. The maximum absolute atomic E-state index is 11.8. The van der Waals surface area contributed by atoms with Crippen molar-refractivity contribution in [2.45, 2.75) is 57.2 Å². The Kier molecular flexibility index (Phi) is 6.12. The molecule has 130 valence electrons. The third-order valence-corrected chi connectivity index (χ3v) is 5.43. The molecule has 0 spiro atoms. The molecule has 0 bridgehead atoms. The summed E-state index contributed by atoms with van der Waals surface area (Å²) in [6.45, 7) is 2.82. The molecule has 1 amide bonds. The second kappa shape index (κ2) is 8.51. The Labute approximate surface area is 147 Å².